The van der Waals surface area contributed by atoms with E-state index >= 15 is 0 Å². The smallest absolute Gasteiger partial charge is 0.190 e. The van der Waals surface area contributed by atoms with Crippen LogP contribution in [0.15, 0.2) is 21.9 Å². The van der Waals surface area contributed by atoms with Gasteiger partial charge in [-0.05, 0) is 6.08 Å². The average molecular weight is 248 g/mol. The number of alkyl halides is 1. The highest BCUT2D eigenvalue weighted by Crippen LogP contribution is 2.25. The quantitative estimate of drug-likeness (QED) is 0.562. The first-order chi connectivity index (χ1) is 5.62. The molecule has 0 bridgehead atoms. The lowest BCUT2D eigenvalue weighted by molar-refractivity contribution is 0.610. The Labute approximate surface area is 82.0 Å². The molecule has 1 aliphatic rings. The Morgan fingerprint density at radius 2 is 2.17 bits per heavy atom. The van der Waals surface area contributed by atoms with Crippen LogP contribution in [-0.2, 0) is 9.84 Å². The fourth-order valence-corrected chi connectivity index (χ4v) is 3.42. The van der Waals surface area contributed by atoms with Crippen LogP contribution >= 0.6 is 15.9 Å². The first-order valence-electron chi connectivity index (χ1n) is 3.68. The number of rotatable bonds is 3. The van der Waals surface area contributed by atoms with E-state index in [1.165, 1.54) is 0 Å². The molecule has 0 saturated carbocycles. The lowest BCUT2D eigenvalue weighted by atomic mass is 9.75. The predicted octanol–water partition coefficient (Wildman–Crippen LogP) is 1.68. The molecule has 2 nitrogen and oxygen atoms in total. The van der Waals surface area contributed by atoms with E-state index in [-0.39, 0.29) is 0 Å². The van der Waals surface area contributed by atoms with Gasteiger partial charge in [0.05, 0.1) is 4.91 Å². The maximum absolute atomic E-state index is 11.5. The molecule has 1 rings (SSSR count). The molecule has 0 saturated heterocycles. The second-order valence-electron chi connectivity index (χ2n) is 2.45. The molecule has 5 heteroatoms. The number of halogens is 1. The molecular weight excluding hydrogens is 239 g/mol. The minimum atomic E-state index is -3.12. The summed E-state index contributed by atoms with van der Waals surface area (Å²) in [5.74, 6) is 0. The number of allylic oxidation sites excluding steroid dienone is 3. The summed E-state index contributed by atoms with van der Waals surface area (Å²) in [7, 11) is -1.40. The lowest BCUT2D eigenvalue weighted by Gasteiger charge is -2.01. The van der Waals surface area contributed by atoms with Crippen molar-refractivity contribution in [2.24, 2.45) is 0 Å². The minimum absolute atomic E-state index is 0.396. The van der Waals surface area contributed by atoms with Crippen molar-refractivity contribution < 1.29 is 8.42 Å². The molecule has 0 amide bonds. The minimum Gasteiger partial charge on any atom is -0.220 e. The SMILES string of the molecule is CC[B]C1=CC=C(CBr)S1(=O)=O. The topological polar surface area (TPSA) is 34.1 Å². The molecule has 0 N–H and O–H groups in total. The van der Waals surface area contributed by atoms with Crippen LogP contribution in [-0.4, -0.2) is 21.0 Å². The molecule has 0 aromatic carbocycles. The van der Waals surface area contributed by atoms with E-state index in [4.69, 9.17) is 0 Å². The van der Waals surface area contributed by atoms with E-state index in [0.717, 1.165) is 6.32 Å². The highest BCUT2D eigenvalue weighted by Gasteiger charge is 2.25. The standard InChI is InChI=1S/C7H9BBrO2S/c1-2-8-7-4-3-6(5-9)12(7,10)11/h3-4H,2,5H2,1H3. The number of hydrogen-bond acceptors (Lipinski definition) is 2. The fourth-order valence-electron chi connectivity index (χ4n) is 1.00. The van der Waals surface area contributed by atoms with Gasteiger partial charge in [-0.15, -0.1) is 0 Å². The van der Waals surface area contributed by atoms with Crippen LogP contribution in [0.25, 0.3) is 0 Å². The van der Waals surface area contributed by atoms with Gasteiger partial charge in [0.25, 0.3) is 0 Å². The average Bonchev–Trinajstić information content (AvgIpc) is 2.28. The van der Waals surface area contributed by atoms with Gasteiger partial charge in [-0.2, -0.15) is 0 Å². The molecular formula is C7H9BBrO2S. The highest BCUT2D eigenvalue weighted by atomic mass is 79.9. The molecule has 1 aliphatic heterocycles. The third-order valence-corrected chi connectivity index (χ3v) is 4.50. The Morgan fingerprint density at radius 1 is 1.50 bits per heavy atom. The normalized spacial score (nSPS) is 20.2. The molecule has 0 aliphatic carbocycles. The van der Waals surface area contributed by atoms with Gasteiger partial charge in [0.1, 0.15) is 0 Å². The van der Waals surface area contributed by atoms with Gasteiger partial charge in [-0.25, -0.2) is 8.42 Å². The predicted molar refractivity (Wildman–Crippen MR) is 55.1 cm³/mol. The zero-order valence-corrected chi connectivity index (χ0v) is 9.15. The second-order valence-corrected chi connectivity index (χ2v) is 5.01. The van der Waals surface area contributed by atoms with E-state index in [1.807, 2.05) is 6.92 Å². The van der Waals surface area contributed by atoms with Gasteiger partial charge >= 0.3 is 0 Å². The van der Waals surface area contributed by atoms with E-state index < -0.39 is 9.84 Å². The summed E-state index contributed by atoms with van der Waals surface area (Å²) in [6, 6.07) is 0. The van der Waals surface area contributed by atoms with Crippen molar-refractivity contribution in [1.82, 2.24) is 0 Å². The van der Waals surface area contributed by atoms with Crippen LogP contribution in [0.1, 0.15) is 6.92 Å². The van der Waals surface area contributed by atoms with Crippen LogP contribution in [0.3, 0.4) is 0 Å². The summed E-state index contributed by atoms with van der Waals surface area (Å²) in [6.07, 6.45) is 4.04. The van der Waals surface area contributed by atoms with Gasteiger partial charge in [0.15, 0.2) is 17.1 Å². The Balaban J connectivity index is 2.91. The van der Waals surface area contributed by atoms with Gasteiger partial charge in [0.2, 0.25) is 0 Å². The zero-order chi connectivity index (χ0) is 9.19. The van der Waals surface area contributed by atoms with Crippen molar-refractivity contribution in [3.8, 4) is 0 Å². The highest BCUT2D eigenvalue weighted by molar-refractivity contribution is 9.09. The summed E-state index contributed by atoms with van der Waals surface area (Å²) >= 11 is 3.14. The van der Waals surface area contributed by atoms with Gasteiger partial charge in [-0.1, -0.05) is 35.2 Å². The Morgan fingerprint density at radius 3 is 2.58 bits per heavy atom. The molecule has 0 spiro atoms. The first-order valence-corrected chi connectivity index (χ1v) is 6.28. The summed E-state index contributed by atoms with van der Waals surface area (Å²) in [6.45, 7) is 1.92. The molecule has 0 atom stereocenters. The Hall–Kier alpha value is -0.0251. The maximum atomic E-state index is 11.5. The zero-order valence-electron chi connectivity index (χ0n) is 6.75. The monoisotopic (exact) mass is 247 g/mol. The van der Waals surface area contributed by atoms with Crippen LogP contribution in [0.4, 0.5) is 0 Å². The van der Waals surface area contributed by atoms with Crippen molar-refractivity contribution >= 4 is 33.0 Å². The van der Waals surface area contributed by atoms with E-state index in [0.29, 0.717) is 15.0 Å². The molecule has 1 radical (unpaired) electrons. The maximum Gasteiger partial charge on any atom is 0.190 e. The fraction of sp³-hybridized carbons (Fsp3) is 0.429. The first kappa shape index (κ1) is 10.1. The number of hydrogen-bond donors (Lipinski definition) is 0. The van der Waals surface area contributed by atoms with Crippen LogP contribution in [0.5, 0.6) is 0 Å². The van der Waals surface area contributed by atoms with Crippen molar-refractivity contribution in [1.29, 1.82) is 0 Å². The lowest BCUT2D eigenvalue weighted by Crippen LogP contribution is -2.08. The molecule has 1 heterocycles. The van der Waals surface area contributed by atoms with Crippen molar-refractivity contribution in [2.75, 3.05) is 5.33 Å². The molecule has 0 unspecified atom stereocenters. The van der Waals surface area contributed by atoms with Crippen LogP contribution < -0.4 is 0 Å². The van der Waals surface area contributed by atoms with E-state index in [2.05, 4.69) is 15.9 Å². The van der Waals surface area contributed by atoms with Gasteiger partial charge < -0.3 is 0 Å². The molecule has 0 aromatic heterocycles. The van der Waals surface area contributed by atoms with Gasteiger partial charge in [-0.3, -0.25) is 0 Å². The largest absolute Gasteiger partial charge is 0.220 e. The second kappa shape index (κ2) is 3.79. The molecule has 0 fully saturated rings. The summed E-state index contributed by atoms with van der Waals surface area (Å²) in [5, 5.41) is 0.396. The number of sulfone groups is 1. The Bertz CT molecular complexity index is 329. The van der Waals surface area contributed by atoms with Crippen molar-refractivity contribution in [3.63, 3.8) is 0 Å². The van der Waals surface area contributed by atoms with Gasteiger partial charge in [0, 0.05) is 10.1 Å². The van der Waals surface area contributed by atoms with Crippen molar-refractivity contribution in [3.05, 3.63) is 21.9 Å². The molecule has 65 valence electrons. The third-order valence-electron chi connectivity index (χ3n) is 1.63. The van der Waals surface area contributed by atoms with E-state index in [9.17, 15) is 8.42 Å². The Kier molecular flexibility index (Phi) is 3.18. The third kappa shape index (κ3) is 1.66. The van der Waals surface area contributed by atoms with Crippen LogP contribution in [0, 0.1) is 0 Å². The summed E-state index contributed by atoms with van der Waals surface area (Å²) in [4.78, 5) is 0.877. The van der Waals surface area contributed by atoms with E-state index in [1.54, 1.807) is 19.4 Å². The molecule has 12 heavy (non-hydrogen) atoms. The van der Waals surface area contributed by atoms with Crippen molar-refractivity contribution in [2.45, 2.75) is 13.2 Å². The van der Waals surface area contributed by atoms with Crippen LogP contribution in [0.2, 0.25) is 6.32 Å². The molecule has 0 aromatic rings. The summed E-state index contributed by atoms with van der Waals surface area (Å²) < 4.78 is 23.0. The summed E-state index contributed by atoms with van der Waals surface area (Å²) in [5.41, 5.74) is 0.